The molecule has 0 aliphatic heterocycles. The van der Waals surface area contributed by atoms with Crippen LogP contribution in [0.5, 0.6) is 0 Å². The summed E-state index contributed by atoms with van der Waals surface area (Å²) in [5.74, 6) is -0.296. The molecule has 0 spiro atoms. The van der Waals surface area contributed by atoms with E-state index in [1.54, 1.807) is 6.08 Å². The number of phosphoric acid groups is 1. The van der Waals surface area contributed by atoms with Crippen LogP contribution < -0.4 is 10.2 Å². The molecule has 8 nitrogen and oxygen atoms in total. The number of nitrogens with zero attached hydrogens (tertiary/aromatic N) is 1. The monoisotopic (exact) mass is 789 g/mol. The number of phosphoric ester groups is 1. The highest BCUT2D eigenvalue weighted by Crippen LogP contribution is 2.38. The third-order valence-electron chi connectivity index (χ3n) is 8.83. The fourth-order valence-corrected chi connectivity index (χ4v) is 6.15. The maximum absolute atomic E-state index is 12.8. The van der Waals surface area contributed by atoms with Gasteiger partial charge in [0.1, 0.15) is 13.2 Å². The average molecular weight is 789 g/mol. The molecule has 0 saturated carbocycles. The summed E-state index contributed by atoms with van der Waals surface area (Å²) < 4.78 is 23.1. The molecule has 0 aromatic heterocycles. The van der Waals surface area contributed by atoms with Gasteiger partial charge >= 0.3 is 0 Å². The molecule has 0 heterocycles. The molecule has 316 valence electrons. The number of nitrogens with one attached hydrogen (secondary N) is 1. The second kappa shape index (κ2) is 37.3. The van der Waals surface area contributed by atoms with Gasteiger partial charge in [-0.15, -0.1) is 0 Å². The smallest absolute Gasteiger partial charge is 0.268 e. The Labute approximate surface area is 337 Å². The standard InChI is InChI=1S/C46H81N2O6P/c1-6-8-10-12-14-16-18-20-21-22-23-24-25-26-28-29-31-33-35-37-39-45(49)44(43-54-55(51,52)53-42-41-48(3,4)5)47-46(50)40-38-36-34-32-30-27-19-17-15-13-11-9-7-2/h9,11,15,17,24-25,27,29-31,34,36-37,39,44-45,49H,6-8,10,12-14,16,18-23,26,28,32-33,35,38,40-43H2,1-5H3,(H-,47,50,51,52)/b11-9-,17-15-,25-24+,30-27-,31-29+,36-34-,39-37+. The van der Waals surface area contributed by atoms with Crippen LogP contribution in [0.3, 0.4) is 0 Å². The first-order valence-corrected chi connectivity index (χ1v) is 22.9. The van der Waals surface area contributed by atoms with Crippen molar-refractivity contribution in [2.24, 2.45) is 0 Å². The molecule has 0 aliphatic carbocycles. The van der Waals surface area contributed by atoms with E-state index < -0.39 is 26.6 Å². The number of rotatable bonds is 37. The van der Waals surface area contributed by atoms with Gasteiger partial charge in [-0.1, -0.05) is 157 Å². The first-order valence-electron chi connectivity index (χ1n) is 21.4. The van der Waals surface area contributed by atoms with Gasteiger partial charge in [0.15, 0.2) is 0 Å². The lowest BCUT2D eigenvalue weighted by Gasteiger charge is -2.29. The zero-order valence-corrected chi connectivity index (χ0v) is 36.5. The quantitative estimate of drug-likeness (QED) is 0.0281. The number of allylic oxidation sites excluding steroid dienone is 13. The highest BCUT2D eigenvalue weighted by atomic mass is 31.2. The van der Waals surface area contributed by atoms with E-state index in [0.717, 1.165) is 44.9 Å². The van der Waals surface area contributed by atoms with E-state index in [-0.39, 0.29) is 18.9 Å². The molecule has 0 aromatic rings. The van der Waals surface area contributed by atoms with Gasteiger partial charge < -0.3 is 28.8 Å². The molecule has 9 heteroatoms. The minimum absolute atomic E-state index is 0.0260. The molecule has 1 amide bonds. The number of unbranched alkanes of at least 4 members (excludes halogenated alkanes) is 12. The lowest BCUT2D eigenvalue weighted by atomic mass is 10.1. The van der Waals surface area contributed by atoms with Crippen molar-refractivity contribution in [1.82, 2.24) is 5.32 Å². The Bertz CT molecular complexity index is 1170. The minimum Gasteiger partial charge on any atom is -0.756 e. The fourth-order valence-electron chi connectivity index (χ4n) is 5.43. The van der Waals surface area contributed by atoms with E-state index in [1.165, 1.54) is 70.6 Å². The Kier molecular flexibility index (Phi) is 35.7. The van der Waals surface area contributed by atoms with Crippen molar-refractivity contribution in [3.8, 4) is 0 Å². The average Bonchev–Trinajstić information content (AvgIpc) is 3.13. The van der Waals surface area contributed by atoms with Crippen LogP contribution in [0.4, 0.5) is 0 Å². The number of amides is 1. The molecule has 0 radical (unpaired) electrons. The summed E-state index contributed by atoms with van der Waals surface area (Å²) >= 11 is 0. The van der Waals surface area contributed by atoms with Gasteiger partial charge in [-0.3, -0.25) is 9.36 Å². The lowest BCUT2D eigenvalue weighted by Crippen LogP contribution is -2.45. The van der Waals surface area contributed by atoms with Gasteiger partial charge in [-0.2, -0.15) is 0 Å². The molecule has 3 unspecified atom stereocenters. The van der Waals surface area contributed by atoms with Crippen molar-refractivity contribution >= 4 is 13.7 Å². The Morgan fingerprint density at radius 1 is 0.655 bits per heavy atom. The number of hydrogen-bond donors (Lipinski definition) is 2. The third kappa shape index (κ3) is 39.7. The van der Waals surface area contributed by atoms with E-state index in [0.29, 0.717) is 23.9 Å². The van der Waals surface area contributed by atoms with Crippen LogP contribution in [0.1, 0.15) is 149 Å². The Hall–Kier alpha value is -2.32. The van der Waals surface area contributed by atoms with Crippen molar-refractivity contribution in [2.45, 2.75) is 161 Å². The summed E-state index contributed by atoms with van der Waals surface area (Å²) in [6.45, 7) is 4.41. The van der Waals surface area contributed by atoms with E-state index in [1.807, 2.05) is 39.4 Å². The number of quaternary nitrogens is 1. The summed E-state index contributed by atoms with van der Waals surface area (Å²) in [5.41, 5.74) is 0. The van der Waals surface area contributed by atoms with E-state index in [9.17, 15) is 19.4 Å². The maximum atomic E-state index is 12.8. The number of hydrogen-bond acceptors (Lipinski definition) is 6. The predicted octanol–water partition coefficient (Wildman–Crippen LogP) is 11.2. The zero-order valence-electron chi connectivity index (χ0n) is 35.6. The third-order valence-corrected chi connectivity index (χ3v) is 9.79. The molecule has 0 fully saturated rings. The number of carbonyl (C=O) groups is 1. The number of likely N-dealkylation sites (N-methyl/N-ethyl adjacent to an activating group) is 1. The molecular formula is C46H81N2O6P. The highest BCUT2D eigenvalue weighted by molar-refractivity contribution is 7.45. The fraction of sp³-hybridized carbons (Fsp3) is 0.674. The van der Waals surface area contributed by atoms with Crippen LogP contribution in [-0.4, -0.2) is 68.5 Å². The van der Waals surface area contributed by atoms with Crippen LogP contribution in [0.25, 0.3) is 0 Å². The summed E-state index contributed by atoms with van der Waals surface area (Å²) in [5, 5.41) is 13.7. The molecule has 3 atom stereocenters. The molecule has 55 heavy (non-hydrogen) atoms. The van der Waals surface area contributed by atoms with Crippen LogP contribution in [0, 0.1) is 0 Å². The minimum atomic E-state index is -4.62. The van der Waals surface area contributed by atoms with Crippen molar-refractivity contribution in [3.05, 3.63) is 85.1 Å². The van der Waals surface area contributed by atoms with Gasteiger partial charge in [0.05, 0.1) is 39.9 Å². The van der Waals surface area contributed by atoms with Gasteiger partial charge in [-0.05, 0) is 70.6 Å². The van der Waals surface area contributed by atoms with Gasteiger partial charge in [0.25, 0.3) is 7.82 Å². The lowest BCUT2D eigenvalue weighted by molar-refractivity contribution is -0.870. The summed E-state index contributed by atoms with van der Waals surface area (Å²) in [4.78, 5) is 25.2. The van der Waals surface area contributed by atoms with E-state index in [2.05, 4.69) is 79.9 Å². The van der Waals surface area contributed by atoms with E-state index >= 15 is 0 Å². The van der Waals surface area contributed by atoms with Crippen molar-refractivity contribution in [3.63, 3.8) is 0 Å². The molecular weight excluding hydrogens is 707 g/mol. The van der Waals surface area contributed by atoms with Crippen LogP contribution >= 0.6 is 7.82 Å². The van der Waals surface area contributed by atoms with Crippen LogP contribution in [0.2, 0.25) is 0 Å². The predicted molar refractivity (Wildman–Crippen MR) is 233 cm³/mol. The number of carbonyl (C=O) groups excluding carboxylic acids is 1. The van der Waals surface area contributed by atoms with Crippen LogP contribution in [0.15, 0.2) is 85.1 Å². The molecule has 0 saturated heterocycles. The van der Waals surface area contributed by atoms with Gasteiger partial charge in [-0.25, -0.2) is 0 Å². The number of aliphatic hydroxyl groups excluding tert-OH is 1. The highest BCUT2D eigenvalue weighted by Gasteiger charge is 2.23. The van der Waals surface area contributed by atoms with Crippen LogP contribution in [-0.2, 0) is 18.4 Å². The first kappa shape index (κ1) is 52.7. The molecule has 0 aromatic carbocycles. The summed E-state index contributed by atoms with van der Waals surface area (Å²) in [7, 11) is 1.18. The topological polar surface area (TPSA) is 108 Å². The Morgan fingerprint density at radius 2 is 1.13 bits per heavy atom. The molecule has 2 N–H and O–H groups in total. The summed E-state index contributed by atoms with van der Waals surface area (Å²) in [6.07, 6.45) is 50.9. The second-order valence-corrected chi connectivity index (χ2v) is 16.7. The zero-order chi connectivity index (χ0) is 40.7. The summed E-state index contributed by atoms with van der Waals surface area (Å²) in [6, 6.07) is -0.951. The van der Waals surface area contributed by atoms with Crippen molar-refractivity contribution < 1.29 is 32.9 Å². The van der Waals surface area contributed by atoms with E-state index in [4.69, 9.17) is 9.05 Å². The van der Waals surface area contributed by atoms with Crippen molar-refractivity contribution in [1.29, 1.82) is 0 Å². The SMILES string of the molecule is CC/C=C\C/C=C\C/C=C\C/C=C\CCC(=O)NC(COP(=O)([O-])OCC[N+](C)(C)C)C(O)/C=C/CC/C=C/CC/C=C/CCCCCCCCCCCC. The second-order valence-electron chi connectivity index (χ2n) is 15.3. The largest absolute Gasteiger partial charge is 0.756 e. The van der Waals surface area contributed by atoms with Gasteiger partial charge in [0, 0.05) is 6.42 Å². The van der Waals surface area contributed by atoms with Gasteiger partial charge in [0.2, 0.25) is 5.91 Å². The first-order chi connectivity index (χ1) is 26.5. The molecule has 0 rings (SSSR count). The van der Waals surface area contributed by atoms with Crippen molar-refractivity contribution in [2.75, 3.05) is 40.9 Å². The Balaban J connectivity index is 4.62. The molecule has 0 aliphatic rings. The Morgan fingerprint density at radius 3 is 1.67 bits per heavy atom. The molecule has 0 bridgehead atoms. The maximum Gasteiger partial charge on any atom is 0.268 e. The number of aliphatic hydroxyl groups is 1. The normalized spacial score (nSPS) is 15.3.